The fourth-order valence-corrected chi connectivity index (χ4v) is 8.53. The second-order valence-corrected chi connectivity index (χ2v) is 12.8. The van der Waals surface area contributed by atoms with E-state index in [1.807, 2.05) is 11.3 Å². The molecule has 9 rings (SSSR count). The first-order valence-corrected chi connectivity index (χ1v) is 15.1. The Balaban J connectivity index is 1.44. The Kier molecular flexibility index (Phi) is 4.61. The number of para-hydroxylation sites is 2. The van der Waals surface area contributed by atoms with Crippen LogP contribution in [0.1, 0.15) is 25.0 Å². The standard InChI is InChI=1S/C39H27NS/c1-39(2)32-17-9-6-14-26(32)30-22-24(20-21-33(30)39)29-23-31-27-15-7-10-18-34(27)40(25-12-4-3-5-13-25)37(31)36-28-16-8-11-19-35(28)41-38(29)36/h3-23H,1-2H3. The van der Waals surface area contributed by atoms with Crippen LogP contribution in [0.25, 0.3) is 69.9 Å². The van der Waals surface area contributed by atoms with Crippen LogP contribution >= 0.6 is 11.3 Å². The zero-order chi connectivity index (χ0) is 27.3. The van der Waals surface area contributed by atoms with E-state index < -0.39 is 0 Å². The van der Waals surface area contributed by atoms with Crippen LogP contribution in [0.15, 0.2) is 127 Å². The fourth-order valence-electron chi connectivity index (χ4n) is 7.28. The molecule has 2 heterocycles. The summed E-state index contributed by atoms with van der Waals surface area (Å²) in [7, 11) is 0. The third-order valence-corrected chi connectivity index (χ3v) is 10.4. The topological polar surface area (TPSA) is 4.93 Å². The molecule has 0 spiro atoms. The van der Waals surface area contributed by atoms with E-state index in [0.29, 0.717) is 0 Å². The lowest BCUT2D eigenvalue weighted by Crippen LogP contribution is -2.14. The zero-order valence-electron chi connectivity index (χ0n) is 23.0. The van der Waals surface area contributed by atoms with E-state index in [1.54, 1.807) is 0 Å². The van der Waals surface area contributed by atoms with Crippen molar-refractivity contribution in [2.24, 2.45) is 0 Å². The van der Waals surface area contributed by atoms with Gasteiger partial charge in [-0.1, -0.05) is 105 Å². The van der Waals surface area contributed by atoms with Crippen LogP contribution in [0.4, 0.5) is 0 Å². The van der Waals surface area contributed by atoms with Crippen molar-refractivity contribution in [2.75, 3.05) is 0 Å². The van der Waals surface area contributed by atoms with Crippen molar-refractivity contribution < 1.29 is 0 Å². The summed E-state index contributed by atoms with van der Waals surface area (Å²) in [5, 5.41) is 5.26. The average Bonchev–Trinajstić information content (AvgIpc) is 3.63. The van der Waals surface area contributed by atoms with Gasteiger partial charge in [0.15, 0.2) is 0 Å². The maximum atomic E-state index is 2.47. The van der Waals surface area contributed by atoms with E-state index in [1.165, 1.54) is 81.0 Å². The number of nitrogens with zero attached hydrogens (tertiary/aromatic N) is 1. The molecule has 194 valence electrons. The predicted molar refractivity (Wildman–Crippen MR) is 177 cm³/mol. The molecule has 0 saturated carbocycles. The molecule has 1 aliphatic carbocycles. The zero-order valence-corrected chi connectivity index (χ0v) is 23.8. The van der Waals surface area contributed by atoms with Crippen LogP contribution in [-0.4, -0.2) is 4.57 Å². The maximum Gasteiger partial charge on any atom is 0.0634 e. The minimum absolute atomic E-state index is 0.00441. The highest BCUT2D eigenvalue weighted by molar-refractivity contribution is 7.26. The molecule has 0 bridgehead atoms. The highest BCUT2D eigenvalue weighted by Gasteiger charge is 2.35. The summed E-state index contributed by atoms with van der Waals surface area (Å²) in [6, 6.07) is 47.2. The van der Waals surface area contributed by atoms with Gasteiger partial charge < -0.3 is 4.57 Å². The molecule has 2 aromatic heterocycles. The minimum atomic E-state index is 0.00441. The molecule has 0 amide bonds. The molecule has 6 aromatic carbocycles. The number of rotatable bonds is 2. The lowest BCUT2D eigenvalue weighted by molar-refractivity contribution is 0.660. The smallest absolute Gasteiger partial charge is 0.0634 e. The number of fused-ring (bicyclic) bond motifs is 10. The molecule has 0 aliphatic heterocycles. The van der Waals surface area contributed by atoms with Gasteiger partial charge in [-0.15, -0.1) is 11.3 Å². The van der Waals surface area contributed by atoms with E-state index in [0.717, 1.165) is 0 Å². The molecule has 0 N–H and O–H groups in total. The summed E-state index contributed by atoms with van der Waals surface area (Å²) in [5.74, 6) is 0. The van der Waals surface area contributed by atoms with Crippen molar-refractivity contribution in [3.05, 3.63) is 139 Å². The van der Waals surface area contributed by atoms with Gasteiger partial charge in [-0.3, -0.25) is 0 Å². The first-order valence-electron chi connectivity index (χ1n) is 14.3. The number of benzene rings is 6. The molecule has 41 heavy (non-hydrogen) atoms. The van der Waals surface area contributed by atoms with Crippen molar-refractivity contribution >= 4 is 53.3 Å². The first-order chi connectivity index (χ1) is 20.1. The van der Waals surface area contributed by atoms with E-state index in [9.17, 15) is 0 Å². The van der Waals surface area contributed by atoms with Gasteiger partial charge >= 0.3 is 0 Å². The van der Waals surface area contributed by atoms with Crippen LogP contribution in [-0.2, 0) is 5.41 Å². The van der Waals surface area contributed by atoms with Crippen LogP contribution in [0.5, 0.6) is 0 Å². The summed E-state index contributed by atoms with van der Waals surface area (Å²) in [5.41, 5.74) is 11.9. The number of hydrogen-bond acceptors (Lipinski definition) is 1. The van der Waals surface area contributed by atoms with Gasteiger partial charge in [0.2, 0.25) is 0 Å². The Bertz CT molecular complexity index is 2330. The van der Waals surface area contributed by atoms with Gasteiger partial charge in [0, 0.05) is 47.6 Å². The Hall–Kier alpha value is -4.66. The van der Waals surface area contributed by atoms with Crippen LogP contribution < -0.4 is 0 Å². The minimum Gasteiger partial charge on any atom is -0.309 e. The second kappa shape index (κ2) is 8.19. The van der Waals surface area contributed by atoms with Gasteiger partial charge in [0.25, 0.3) is 0 Å². The highest BCUT2D eigenvalue weighted by atomic mass is 32.1. The number of hydrogen-bond donors (Lipinski definition) is 0. The van der Waals surface area contributed by atoms with E-state index >= 15 is 0 Å². The molecule has 0 saturated heterocycles. The summed E-state index contributed by atoms with van der Waals surface area (Å²) < 4.78 is 5.15. The summed E-state index contributed by atoms with van der Waals surface area (Å²) in [6.07, 6.45) is 0. The van der Waals surface area contributed by atoms with Crippen molar-refractivity contribution in [3.8, 4) is 27.9 Å². The molecule has 0 radical (unpaired) electrons. The first kappa shape index (κ1) is 23.1. The Labute approximate surface area is 242 Å². The Morgan fingerprint density at radius 1 is 0.561 bits per heavy atom. The maximum absolute atomic E-state index is 2.47. The number of aromatic nitrogens is 1. The molecule has 0 unspecified atom stereocenters. The lowest BCUT2D eigenvalue weighted by atomic mass is 9.82. The Morgan fingerprint density at radius 2 is 1.27 bits per heavy atom. The normalized spacial score (nSPS) is 13.8. The number of thiophene rings is 1. The summed E-state index contributed by atoms with van der Waals surface area (Å²) in [4.78, 5) is 0. The van der Waals surface area contributed by atoms with Crippen LogP contribution in [0.2, 0.25) is 0 Å². The van der Waals surface area contributed by atoms with E-state index in [4.69, 9.17) is 0 Å². The van der Waals surface area contributed by atoms with Crippen LogP contribution in [0, 0.1) is 0 Å². The molecule has 0 fully saturated rings. The van der Waals surface area contributed by atoms with Gasteiger partial charge in [-0.05, 0) is 64.2 Å². The molecule has 1 aliphatic rings. The van der Waals surface area contributed by atoms with E-state index in [2.05, 4.69) is 146 Å². The largest absolute Gasteiger partial charge is 0.309 e. The fraction of sp³-hybridized carbons (Fsp3) is 0.0769. The van der Waals surface area contributed by atoms with Gasteiger partial charge in [-0.2, -0.15) is 0 Å². The highest BCUT2D eigenvalue weighted by Crippen LogP contribution is 2.52. The molecular weight excluding hydrogens is 515 g/mol. The van der Waals surface area contributed by atoms with Crippen molar-refractivity contribution in [1.29, 1.82) is 0 Å². The molecular formula is C39H27NS. The second-order valence-electron chi connectivity index (χ2n) is 11.7. The van der Waals surface area contributed by atoms with Crippen LogP contribution in [0.3, 0.4) is 0 Å². The third kappa shape index (κ3) is 3.06. The van der Waals surface area contributed by atoms with Gasteiger partial charge in [0.05, 0.1) is 11.0 Å². The van der Waals surface area contributed by atoms with Crippen molar-refractivity contribution in [3.63, 3.8) is 0 Å². The van der Waals surface area contributed by atoms with Gasteiger partial charge in [-0.25, -0.2) is 0 Å². The van der Waals surface area contributed by atoms with E-state index in [-0.39, 0.29) is 5.41 Å². The molecule has 0 atom stereocenters. The SMILES string of the molecule is CC1(C)c2ccccc2-c2cc(-c3cc4c5ccccc5n(-c5ccccc5)c4c4c3sc3ccccc34)ccc21. The summed E-state index contributed by atoms with van der Waals surface area (Å²) in [6.45, 7) is 4.71. The van der Waals surface area contributed by atoms with Crippen molar-refractivity contribution in [1.82, 2.24) is 4.57 Å². The third-order valence-electron chi connectivity index (χ3n) is 9.19. The summed E-state index contributed by atoms with van der Waals surface area (Å²) >= 11 is 1.92. The predicted octanol–water partition coefficient (Wildman–Crippen LogP) is 11.1. The Morgan fingerprint density at radius 3 is 2.15 bits per heavy atom. The lowest BCUT2D eigenvalue weighted by Gasteiger charge is -2.21. The molecule has 8 aromatic rings. The average molecular weight is 542 g/mol. The quantitative estimate of drug-likeness (QED) is 0.205. The van der Waals surface area contributed by atoms with Gasteiger partial charge in [0.1, 0.15) is 0 Å². The molecule has 2 heteroatoms. The molecule has 1 nitrogen and oxygen atoms in total. The monoisotopic (exact) mass is 541 g/mol. The van der Waals surface area contributed by atoms with Crippen molar-refractivity contribution in [2.45, 2.75) is 19.3 Å².